The van der Waals surface area contributed by atoms with Crippen LogP contribution in [-0.4, -0.2) is 28.6 Å². The highest BCUT2D eigenvalue weighted by atomic mass is 35.5. The number of rotatable bonds is 4. The summed E-state index contributed by atoms with van der Waals surface area (Å²) in [4.78, 5) is 13.8. The molecule has 1 unspecified atom stereocenters. The van der Waals surface area contributed by atoms with Crippen molar-refractivity contribution in [3.8, 4) is 0 Å². The first-order valence-corrected chi connectivity index (χ1v) is 9.78. The summed E-state index contributed by atoms with van der Waals surface area (Å²) in [5, 5.41) is 11.7. The Bertz CT molecular complexity index is 776. The molecule has 1 heterocycles. The fourth-order valence-electron chi connectivity index (χ4n) is 3.50. The van der Waals surface area contributed by atoms with E-state index in [1.807, 2.05) is 17.0 Å². The van der Waals surface area contributed by atoms with E-state index in [1.54, 1.807) is 24.3 Å². The molecule has 3 nitrogen and oxygen atoms in total. The SMILES string of the molecule is O=C(O)C1CCCCN1C(c1ccc(Cl)cc1Cl)c1ccc(Cl)cc1Cl. The lowest BCUT2D eigenvalue weighted by molar-refractivity contribution is -0.145. The average Bonchev–Trinajstić information content (AvgIpc) is 2.59. The summed E-state index contributed by atoms with van der Waals surface area (Å²) in [6.07, 6.45) is 2.38. The number of aliphatic carboxylic acids is 1. The van der Waals surface area contributed by atoms with Crippen molar-refractivity contribution < 1.29 is 9.90 Å². The zero-order valence-corrected chi connectivity index (χ0v) is 16.8. The molecule has 0 aromatic heterocycles. The molecule has 1 N–H and O–H groups in total. The molecule has 138 valence electrons. The Morgan fingerprint density at radius 3 is 1.96 bits per heavy atom. The molecule has 2 aromatic carbocycles. The van der Waals surface area contributed by atoms with E-state index >= 15 is 0 Å². The van der Waals surface area contributed by atoms with Gasteiger partial charge in [0.2, 0.25) is 0 Å². The van der Waals surface area contributed by atoms with E-state index in [1.165, 1.54) is 0 Å². The van der Waals surface area contributed by atoms with Crippen LogP contribution in [0.5, 0.6) is 0 Å². The largest absolute Gasteiger partial charge is 0.480 e. The van der Waals surface area contributed by atoms with Crippen molar-refractivity contribution in [2.75, 3.05) is 6.54 Å². The molecule has 26 heavy (non-hydrogen) atoms. The Morgan fingerprint density at radius 1 is 0.962 bits per heavy atom. The summed E-state index contributed by atoms with van der Waals surface area (Å²) < 4.78 is 0. The first-order valence-electron chi connectivity index (χ1n) is 8.27. The molecule has 0 bridgehead atoms. The van der Waals surface area contributed by atoms with Crippen LogP contribution < -0.4 is 0 Å². The maximum absolute atomic E-state index is 11.9. The zero-order valence-electron chi connectivity index (χ0n) is 13.8. The number of hydrogen-bond donors (Lipinski definition) is 1. The second kappa shape index (κ2) is 8.37. The van der Waals surface area contributed by atoms with Gasteiger partial charge in [-0.25, -0.2) is 0 Å². The van der Waals surface area contributed by atoms with Crippen LogP contribution in [0.1, 0.15) is 36.4 Å². The van der Waals surface area contributed by atoms with Crippen LogP contribution >= 0.6 is 46.4 Å². The number of carboxylic acids is 1. The van der Waals surface area contributed by atoms with Crippen LogP contribution in [0.3, 0.4) is 0 Å². The van der Waals surface area contributed by atoms with Crippen molar-refractivity contribution in [3.63, 3.8) is 0 Å². The standard InChI is InChI=1S/C19H17Cl4NO2/c20-11-4-6-13(15(22)9-11)18(14-7-5-12(21)10-16(14)23)24-8-2-1-3-17(24)19(25)26/h4-7,9-10,17-18H,1-3,8H2,(H,25,26). The van der Waals surface area contributed by atoms with Gasteiger partial charge >= 0.3 is 5.97 Å². The van der Waals surface area contributed by atoms with Gasteiger partial charge in [0.05, 0.1) is 6.04 Å². The first kappa shape index (κ1) is 19.8. The minimum absolute atomic E-state index is 0.397. The van der Waals surface area contributed by atoms with Gasteiger partial charge in [0, 0.05) is 20.1 Å². The lowest BCUT2D eigenvalue weighted by atomic mass is 9.91. The van der Waals surface area contributed by atoms with Crippen LogP contribution in [-0.2, 0) is 4.79 Å². The third-order valence-electron chi connectivity index (χ3n) is 4.68. The van der Waals surface area contributed by atoms with E-state index in [4.69, 9.17) is 46.4 Å². The lowest BCUT2D eigenvalue weighted by Crippen LogP contribution is -2.47. The van der Waals surface area contributed by atoms with Crippen LogP contribution in [0, 0.1) is 0 Å². The molecule has 1 aliphatic rings. The first-order chi connectivity index (χ1) is 12.4. The summed E-state index contributed by atoms with van der Waals surface area (Å²) in [5.74, 6) is -0.843. The summed E-state index contributed by atoms with van der Waals surface area (Å²) in [5.41, 5.74) is 1.54. The summed E-state index contributed by atoms with van der Waals surface area (Å²) >= 11 is 25.1. The molecular weight excluding hydrogens is 416 g/mol. The number of nitrogens with zero attached hydrogens (tertiary/aromatic N) is 1. The Hall–Kier alpha value is -0.970. The summed E-state index contributed by atoms with van der Waals surface area (Å²) in [7, 11) is 0. The Kier molecular flexibility index (Phi) is 6.37. The number of piperidine rings is 1. The summed E-state index contributed by atoms with van der Waals surface area (Å²) in [6, 6.07) is 9.47. The van der Waals surface area contributed by atoms with Crippen molar-refractivity contribution >= 4 is 52.4 Å². The third-order valence-corrected chi connectivity index (χ3v) is 5.80. The molecule has 1 saturated heterocycles. The minimum atomic E-state index is -0.843. The van der Waals surface area contributed by atoms with Crippen molar-refractivity contribution in [2.45, 2.75) is 31.3 Å². The predicted molar refractivity (Wildman–Crippen MR) is 107 cm³/mol. The highest BCUT2D eigenvalue weighted by molar-refractivity contribution is 6.36. The Labute approximate surface area is 172 Å². The van der Waals surface area contributed by atoms with E-state index in [9.17, 15) is 9.90 Å². The number of carboxylic acid groups (broad SMARTS) is 1. The normalized spacial score (nSPS) is 18.3. The number of halogens is 4. The van der Waals surface area contributed by atoms with Crippen LogP contribution in [0.4, 0.5) is 0 Å². The van der Waals surface area contributed by atoms with Gasteiger partial charge in [-0.1, -0.05) is 65.0 Å². The van der Waals surface area contributed by atoms with Gasteiger partial charge in [0.15, 0.2) is 0 Å². The third kappa shape index (κ3) is 4.13. The topological polar surface area (TPSA) is 40.5 Å². The van der Waals surface area contributed by atoms with Gasteiger partial charge in [-0.15, -0.1) is 0 Å². The van der Waals surface area contributed by atoms with E-state index in [0.717, 1.165) is 24.0 Å². The predicted octanol–water partition coefficient (Wildman–Crippen LogP) is 6.33. The number of likely N-dealkylation sites (tertiary alicyclic amines) is 1. The fraction of sp³-hybridized carbons (Fsp3) is 0.316. The molecular formula is C19H17Cl4NO2. The van der Waals surface area contributed by atoms with Gasteiger partial charge in [0.25, 0.3) is 0 Å². The molecule has 3 rings (SSSR count). The molecule has 0 radical (unpaired) electrons. The van der Waals surface area contributed by atoms with Crippen LogP contribution in [0.25, 0.3) is 0 Å². The molecule has 7 heteroatoms. The van der Waals surface area contributed by atoms with Crippen molar-refractivity contribution in [1.29, 1.82) is 0 Å². The van der Waals surface area contributed by atoms with Crippen LogP contribution in [0.2, 0.25) is 20.1 Å². The second-order valence-corrected chi connectivity index (χ2v) is 8.01. The molecule has 0 aliphatic carbocycles. The molecule has 0 spiro atoms. The zero-order chi connectivity index (χ0) is 18.8. The molecule has 1 fully saturated rings. The van der Waals surface area contributed by atoms with Crippen molar-refractivity contribution in [2.24, 2.45) is 0 Å². The van der Waals surface area contributed by atoms with Crippen molar-refractivity contribution in [1.82, 2.24) is 4.90 Å². The highest BCUT2D eigenvalue weighted by Crippen LogP contribution is 2.41. The molecule has 2 aromatic rings. The smallest absolute Gasteiger partial charge is 0.320 e. The minimum Gasteiger partial charge on any atom is -0.480 e. The van der Waals surface area contributed by atoms with E-state index in [0.29, 0.717) is 33.1 Å². The molecule has 0 saturated carbocycles. The van der Waals surface area contributed by atoms with Gasteiger partial charge < -0.3 is 5.11 Å². The number of benzene rings is 2. The Balaban J connectivity index is 2.16. The molecule has 1 aliphatic heterocycles. The van der Waals surface area contributed by atoms with Crippen LogP contribution in [0.15, 0.2) is 36.4 Å². The fourth-order valence-corrected chi connectivity index (χ4v) is 4.52. The quantitative estimate of drug-likeness (QED) is 0.613. The van der Waals surface area contributed by atoms with Gasteiger partial charge in [-0.2, -0.15) is 0 Å². The second-order valence-electron chi connectivity index (χ2n) is 6.32. The van der Waals surface area contributed by atoms with E-state index in [-0.39, 0.29) is 0 Å². The number of carbonyl (C=O) groups is 1. The van der Waals surface area contributed by atoms with Gasteiger partial charge in [0.1, 0.15) is 6.04 Å². The maximum atomic E-state index is 11.9. The Morgan fingerprint density at radius 2 is 1.50 bits per heavy atom. The lowest BCUT2D eigenvalue weighted by Gasteiger charge is -2.40. The molecule has 1 atom stereocenters. The van der Waals surface area contributed by atoms with Gasteiger partial charge in [-0.3, -0.25) is 9.69 Å². The van der Waals surface area contributed by atoms with E-state index < -0.39 is 18.1 Å². The monoisotopic (exact) mass is 431 g/mol. The van der Waals surface area contributed by atoms with Gasteiger partial charge in [-0.05, 0) is 54.8 Å². The van der Waals surface area contributed by atoms with Crippen molar-refractivity contribution in [3.05, 3.63) is 67.6 Å². The molecule has 0 amide bonds. The number of hydrogen-bond acceptors (Lipinski definition) is 2. The van der Waals surface area contributed by atoms with E-state index in [2.05, 4.69) is 0 Å². The average molecular weight is 433 g/mol. The summed E-state index contributed by atoms with van der Waals surface area (Å²) in [6.45, 7) is 0.638. The highest BCUT2D eigenvalue weighted by Gasteiger charge is 2.36. The maximum Gasteiger partial charge on any atom is 0.320 e.